The molecule has 4 heteroatoms. The van der Waals surface area contributed by atoms with Gasteiger partial charge in [0.05, 0.1) is 11.7 Å². The lowest BCUT2D eigenvalue weighted by molar-refractivity contribution is -0.128. The second-order valence-electron chi connectivity index (χ2n) is 6.26. The zero-order chi connectivity index (χ0) is 13.7. The number of ether oxygens (including phenoxy) is 1. The van der Waals surface area contributed by atoms with Crippen molar-refractivity contribution in [1.82, 2.24) is 10.2 Å². The van der Waals surface area contributed by atoms with E-state index in [1.54, 1.807) is 19.0 Å². The summed E-state index contributed by atoms with van der Waals surface area (Å²) in [6, 6.07) is 0. The Morgan fingerprint density at radius 1 is 1.26 bits per heavy atom. The largest absolute Gasteiger partial charge is 0.370 e. The first-order chi connectivity index (χ1) is 9.11. The van der Waals surface area contributed by atoms with Gasteiger partial charge >= 0.3 is 0 Å². The van der Waals surface area contributed by atoms with Crippen LogP contribution in [0.1, 0.15) is 51.4 Å². The molecule has 0 aromatic carbocycles. The van der Waals surface area contributed by atoms with Gasteiger partial charge in [0.25, 0.3) is 0 Å². The average Bonchev–Trinajstić information content (AvgIpc) is 2.78. The highest BCUT2D eigenvalue weighted by Crippen LogP contribution is 2.41. The smallest absolute Gasteiger partial charge is 0.223 e. The number of carbonyl (C=O) groups excluding carboxylic acids is 1. The molecule has 0 aromatic heterocycles. The maximum atomic E-state index is 11.4. The Morgan fingerprint density at radius 2 is 2.00 bits per heavy atom. The molecule has 2 fully saturated rings. The predicted octanol–water partition coefficient (Wildman–Crippen LogP) is 1.94. The lowest BCUT2D eigenvalue weighted by Crippen LogP contribution is -2.35. The third kappa shape index (κ3) is 4.18. The van der Waals surface area contributed by atoms with Gasteiger partial charge in [0.15, 0.2) is 0 Å². The van der Waals surface area contributed by atoms with Gasteiger partial charge in [-0.25, -0.2) is 0 Å². The lowest BCUT2D eigenvalue weighted by Gasteiger charge is -2.33. The molecule has 2 rings (SSSR count). The van der Waals surface area contributed by atoms with Crippen LogP contribution in [0.4, 0.5) is 0 Å². The molecule has 1 saturated carbocycles. The molecule has 0 radical (unpaired) electrons. The number of carbonyl (C=O) groups is 1. The number of rotatable bonds is 5. The quantitative estimate of drug-likeness (QED) is 0.775. The summed E-state index contributed by atoms with van der Waals surface area (Å²) in [5.74, 6) is 0.184. The van der Waals surface area contributed by atoms with E-state index >= 15 is 0 Å². The van der Waals surface area contributed by atoms with Gasteiger partial charge in [0, 0.05) is 33.6 Å². The predicted molar refractivity (Wildman–Crippen MR) is 76.1 cm³/mol. The van der Waals surface area contributed by atoms with Gasteiger partial charge in [-0.1, -0.05) is 19.3 Å². The molecule has 0 aromatic rings. The van der Waals surface area contributed by atoms with Crippen molar-refractivity contribution >= 4 is 5.91 Å². The van der Waals surface area contributed by atoms with Crippen molar-refractivity contribution < 1.29 is 9.53 Å². The second-order valence-corrected chi connectivity index (χ2v) is 6.26. The van der Waals surface area contributed by atoms with Crippen LogP contribution in [0.5, 0.6) is 0 Å². The average molecular weight is 268 g/mol. The summed E-state index contributed by atoms with van der Waals surface area (Å²) in [7, 11) is 3.60. The normalized spacial score (nSPS) is 25.7. The highest BCUT2D eigenvalue weighted by atomic mass is 16.5. The minimum absolute atomic E-state index is 0.184. The first-order valence-electron chi connectivity index (χ1n) is 7.70. The Labute approximate surface area is 116 Å². The number of nitrogens with one attached hydrogen (secondary N) is 1. The van der Waals surface area contributed by atoms with Gasteiger partial charge in [-0.15, -0.1) is 0 Å². The van der Waals surface area contributed by atoms with E-state index in [0.29, 0.717) is 12.5 Å². The van der Waals surface area contributed by atoms with Crippen LogP contribution in [-0.4, -0.2) is 49.7 Å². The number of hydrogen-bond acceptors (Lipinski definition) is 3. The Bertz CT molecular complexity index is 299. The van der Waals surface area contributed by atoms with E-state index in [9.17, 15) is 4.79 Å². The van der Waals surface area contributed by atoms with E-state index < -0.39 is 0 Å². The highest BCUT2D eigenvalue weighted by Gasteiger charge is 2.40. The van der Waals surface area contributed by atoms with Gasteiger partial charge in [0.1, 0.15) is 0 Å². The van der Waals surface area contributed by atoms with Crippen molar-refractivity contribution in [3.63, 3.8) is 0 Å². The molecule has 1 amide bonds. The first-order valence-corrected chi connectivity index (χ1v) is 7.70. The number of nitrogens with zero attached hydrogens (tertiary/aromatic N) is 1. The standard InChI is InChI=1S/C15H28N2O2/c1-17(2)14(18)7-11-16-12-13-6-10-15(19-13)8-4-3-5-9-15/h13,16H,3-12H2,1-2H3. The van der Waals surface area contributed by atoms with Crippen molar-refractivity contribution in [2.75, 3.05) is 27.2 Å². The molecule has 1 N–H and O–H groups in total. The summed E-state index contributed by atoms with van der Waals surface area (Å²) in [6.07, 6.45) is 9.88. The maximum absolute atomic E-state index is 11.4. The van der Waals surface area contributed by atoms with Crippen LogP contribution in [0.3, 0.4) is 0 Å². The molecule has 1 heterocycles. The topological polar surface area (TPSA) is 41.6 Å². The van der Waals surface area contributed by atoms with E-state index in [1.807, 2.05) is 0 Å². The van der Waals surface area contributed by atoms with Crippen LogP contribution in [0.25, 0.3) is 0 Å². The van der Waals surface area contributed by atoms with Gasteiger partial charge in [-0.2, -0.15) is 0 Å². The highest BCUT2D eigenvalue weighted by molar-refractivity contribution is 5.75. The fourth-order valence-corrected chi connectivity index (χ4v) is 3.29. The summed E-state index contributed by atoms with van der Waals surface area (Å²) in [5.41, 5.74) is 0.212. The summed E-state index contributed by atoms with van der Waals surface area (Å²) in [4.78, 5) is 13.1. The minimum atomic E-state index is 0.184. The Kier molecular flexibility index (Phi) is 5.22. The second kappa shape index (κ2) is 6.71. The molecule has 110 valence electrons. The molecule has 4 nitrogen and oxygen atoms in total. The molecule has 1 unspecified atom stereocenters. The van der Waals surface area contributed by atoms with E-state index in [-0.39, 0.29) is 11.5 Å². The molecule has 0 bridgehead atoms. The van der Waals surface area contributed by atoms with Crippen LogP contribution < -0.4 is 5.32 Å². The summed E-state index contributed by atoms with van der Waals surface area (Å²) in [5, 5.41) is 3.36. The molecule has 19 heavy (non-hydrogen) atoms. The first kappa shape index (κ1) is 14.8. The zero-order valence-electron chi connectivity index (χ0n) is 12.4. The molecule has 2 aliphatic rings. The van der Waals surface area contributed by atoms with E-state index in [2.05, 4.69) is 5.32 Å². The summed E-state index contributed by atoms with van der Waals surface area (Å²) >= 11 is 0. The molecule has 1 aliphatic heterocycles. The molecular formula is C15H28N2O2. The third-order valence-corrected chi connectivity index (χ3v) is 4.49. The van der Waals surface area contributed by atoms with Gasteiger partial charge in [-0.05, 0) is 25.7 Å². The van der Waals surface area contributed by atoms with Crippen molar-refractivity contribution in [2.45, 2.75) is 63.1 Å². The SMILES string of the molecule is CN(C)C(=O)CCNCC1CCC2(CCCCC2)O1. The Balaban J connectivity index is 1.61. The van der Waals surface area contributed by atoms with Crippen LogP contribution in [0.2, 0.25) is 0 Å². The molecule has 1 atom stereocenters. The third-order valence-electron chi connectivity index (χ3n) is 4.49. The summed E-state index contributed by atoms with van der Waals surface area (Å²) in [6.45, 7) is 1.65. The van der Waals surface area contributed by atoms with Gasteiger partial charge in [-0.3, -0.25) is 4.79 Å². The Morgan fingerprint density at radius 3 is 2.68 bits per heavy atom. The van der Waals surface area contributed by atoms with Gasteiger partial charge in [0.2, 0.25) is 5.91 Å². The van der Waals surface area contributed by atoms with E-state index in [4.69, 9.17) is 4.74 Å². The molecule has 1 spiro atoms. The fraction of sp³-hybridized carbons (Fsp3) is 0.933. The van der Waals surface area contributed by atoms with Crippen LogP contribution >= 0.6 is 0 Å². The van der Waals surface area contributed by atoms with Gasteiger partial charge < -0.3 is 15.0 Å². The van der Waals surface area contributed by atoms with E-state index in [1.165, 1.54) is 44.9 Å². The minimum Gasteiger partial charge on any atom is -0.370 e. The summed E-state index contributed by atoms with van der Waals surface area (Å²) < 4.78 is 6.29. The number of hydrogen-bond donors (Lipinski definition) is 1. The van der Waals surface area contributed by atoms with Crippen molar-refractivity contribution in [3.05, 3.63) is 0 Å². The molecule has 1 saturated heterocycles. The monoisotopic (exact) mass is 268 g/mol. The molecule has 1 aliphatic carbocycles. The van der Waals surface area contributed by atoms with Crippen molar-refractivity contribution in [2.24, 2.45) is 0 Å². The fourth-order valence-electron chi connectivity index (χ4n) is 3.29. The maximum Gasteiger partial charge on any atom is 0.223 e. The molecular weight excluding hydrogens is 240 g/mol. The lowest BCUT2D eigenvalue weighted by atomic mass is 9.83. The zero-order valence-corrected chi connectivity index (χ0v) is 12.4. The van der Waals surface area contributed by atoms with Crippen LogP contribution in [0.15, 0.2) is 0 Å². The Hall–Kier alpha value is -0.610. The van der Waals surface area contributed by atoms with Crippen molar-refractivity contribution in [3.8, 4) is 0 Å². The van der Waals surface area contributed by atoms with E-state index in [0.717, 1.165) is 13.1 Å². The number of amides is 1. The van der Waals surface area contributed by atoms with Crippen molar-refractivity contribution in [1.29, 1.82) is 0 Å². The van der Waals surface area contributed by atoms with Crippen LogP contribution in [0, 0.1) is 0 Å². The van der Waals surface area contributed by atoms with Crippen LogP contribution in [-0.2, 0) is 9.53 Å².